The molecule has 0 spiro atoms. The van der Waals surface area contributed by atoms with Gasteiger partial charge in [-0.2, -0.15) is 0 Å². The smallest absolute Gasteiger partial charge is 0.119 e. The standard InChI is InChI=1S/C14H20O2/c1-10(2)14(15)9-16-13-7-6-11-4-3-5-12(11)8-13/h6-8,10,14-15H,3-5,9H2,1-2H3. The Morgan fingerprint density at radius 1 is 1.25 bits per heavy atom. The Balaban J connectivity index is 1.95. The van der Waals surface area contributed by atoms with E-state index in [9.17, 15) is 5.11 Å². The lowest BCUT2D eigenvalue weighted by Gasteiger charge is -2.15. The zero-order valence-electron chi connectivity index (χ0n) is 10.1. The minimum absolute atomic E-state index is 0.245. The SMILES string of the molecule is CC(C)C(O)COc1ccc2c(c1)CCC2. The number of aliphatic hydroxyl groups excluding tert-OH is 1. The molecule has 1 aromatic rings. The topological polar surface area (TPSA) is 29.5 Å². The van der Waals surface area contributed by atoms with Crippen LogP contribution in [0.1, 0.15) is 31.4 Å². The Morgan fingerprint density at radius 2 is 2.00 bits per heavy atom. The van der Waals surface area contributed by atoms with Crippen LogP contribution in [0.2, 0.25) is 0 Å². The highest BCUT2D eigenvalue weighted by molar-refractivity contribution is 5.38. The van der Waals surface area contributed by atoms with Crippen molar-refractivity contribution >= 4 is 0 Å². The Hall–Kier alpha value is -1.02. The third-order valence-corrected chi connectivity index (χ3v) is 3.26. The van der Waals surface area contributed by atoms with Gasteiger partial charge >= 0.3 is 0 Å². The minimum Gasteiger partial charge on any atom is -0.491 e. The Kier molecular flexibility index (Phi) is 3.49. The molecule has 0 aliphatic heterocycles. The molecule has 2 rings (SSSR count). The Labute approximate surface area is 97.3 Å². The summed E-state index contributed by atoms with van der Waals surface area (Å²) in [7, 11) is 0. The third-order valence-electron chi connectivity index (χ3n) is 3.26. The normalized spacial score (nSPS) is 16.2. The molecule has 16 heavy (non-hydrogen) atoms. The highest BCUT2D eigenvalue weighted by Gasteiger charge is 2.13. The first-order chi connectivity index (χ1) is 7.66. The van der Waals surface area contributed by atoms with Crippen molar-refractivity contribution in [3.8, 4) is 5.75 Å². The van der Waals surface area contributed by atoms with E-state index in [-0.39, 0.29) is 12.0 Å². The van der Waals surface area contributed by atoms with Gasteiger partial charge in [-0.3, -0.25) is 0 Å². The molecular formula is C14H20O2. The maximum absolute atomic E-state index is 9.66. The van der Waals surface area contributed by atoms with Crippen LogP contribution in [-0.2, 0) is 12.8 Å². The molecule has 2 heteroatoms. The van der Waals surface area contributed by atoms with Gasteiger partial charge in [0.15, 0.2) is 0 Å². The molecule has 0 heterocycles. The molecule has 88 valence electrons. The molecule has 0 bridgehead atoms. The van der Waals surface area contributed by atoms with Crippen LogP contribution in [0.3, 0.4) is 0 Å². The van der Waals surface area contributed by atoms with Crippen molar-refractivity contribution in [2.45, 2.75) is 39.2 Å². The van der Waals surface area contributed by atoms with Crippen LogP contribution in [0, 0.1) is 5.92 Å². The molecule has 0 saturated heterocycles. The second-order valence-corrected chi connectivity index (χ2v) is 4.91. The quantitative estimate of drug-likeness (QED) is 0.845. The molecule has 0 aromatic heterocycles. The summed E-state index contributed by atoms with van der Waals surface area (Å²) in [6.45, 7) is 4.38. The van der Waals surface area contributed by atoms with E-state index in [2.05, 4.69) is 12.1 Å². The summed E-state index contributed by atoms with van der Waals surface area (Å²) in [5.41, 5.74) is 2.87. The lowest BCUT2D eigenvalue weighted by molar-refractivity contribution is 0.0701. The highest BCUT2D eigenvalue weighted by atomic mass is 16.5. The monoisotopic (exact) mass is 220 g/mol. The Morgan fingerprint density at radius 3 is 2.75 bits per heavy atom. The van der Waals surface area contributed by atoms with Gasteiger partial charge < -0.3 is 9.84 Å². The molecule has 1 atom stereocenters. The van der Waals surface area contributed by atoms with E-state index in [4.69, 9.17) is 4.74 Å². The molecule has 1 unspecified atom stereocenters. The molecule has 0 amide bonds. The van der Waals surface area contributed by atoms with Gasteiger partial charge in [-0.15, -0.1) is 0 Å². The molecule has 1 aliphatic rings. The van der Waals surface area contributed by atoms with E-state index >= 15 is 0 Å². The molecule has 0 radical (unpaired) electrons. The van der Waals surface area contributed by atoms with E-state index in [0.717, 1.165) is 5.75 Å². The largest absolute Gasteiger partial charge is 0.491 e. The fraction of sp³-hybridized carbons (Fsp3) is 0.571. The van der Waals surface area contributed by atoms with Gasteiger partial charge in [-0.1, -0.05) is 19.9 Å². The summed E-state index contributed by atoms with van der Waals surface area (Å²) in [5, 5.41) is 9.66. The summed E-state index contributed by atoms with van der Waals surface area (Å²) >= 11 is 0. The lowest BCUT2D eigenvalue weighted by Crippen LogP contribution is -2.23. The average molecular weight is 220 g/mol. The number of hydrogen-bond donors (Lipinski definition) is 1. The number of aryl methyl sites for hydroxylation is 2. The van der Waals surface area contributed by atoms with Crippen LogP contribution < -0.4 is 4.74 Å². The van der Waals surface area contributed by atoms with Crippen LogP contribution >= 0.6 is 0 Å². The predicted molar refractivity (Wildman–Crippen MR) is 64.8 cm³/mol. The molecule has 1 aliphatic carbocycles. The maximum Gasteiger partial charge on any atom is 0.119 e. The number of rotatable bonds is 4. The van der Waals surface area contributed by atoms with E-state index < -0.39 is 0 Å². The summed E-state index contributed by atoms with van der Waals surface area (Å²) in [6.07, 6.45) is 3.24. The van der Waals surface area contributed by atoms with Crippen LogP contribution in [0.15, 0.2) is 18.2 Å². The first kappa shape index (κ1) is 11.5. The van der Waals surface area contributed by atoms with E-state index in [1.54, 1.807) is 0 Å². The second-order valence-electron chi connectivity index (χ2n) is 4.91. The van der Waals surface area contributed by atoms with Crippen molar-refractivity contribution in [2.75, 3.05) is 6.61 Å². The van der Waals surface area contributed by atoms with Crippen molar-refractivity contribution in [3.63, 3.8) is 0 Å². The number of benzene rings is 1. The summed E-state index contributed by atoms with van der Waals surface area (Å²) in [5.74, 6) is 1.13. The van der Waals surface area contributed by atoms with Gasteiger partial charge in [-0.25, -0.2) is 0 Å². The van der Waals surface area contributed by atoms with Crippen molar-refractivity contribution in [3.05, 3.63) is 29.3 Å². The maximum atomic E-state index is 9.66. The molecule has 0 fully saturated rings. The number of hydrogen-bond acceptors (Lipinski definition) is 2. The number of fused-ring (bicyclic) bond motifs is 1. The zero-order valence-corrected chi connectivity index (χ0v) is 10.1. The van der Waals surface area contributed by atoms with Crippen LogP contribution in [-0.4, -0.2) is 17.8 Å². The predicted octanol–water partition coefficient (Wildman–Crippen LogP) is 2.57. The van der Waals surface area contributed by atoms with Crippen LogP contribution in [0.4, 0.5) is 0 Å². The van der Waals surface area contributed by atoms with Gasteiger partial charge in [-0.05, 0) is 48.4 Å². The summed E-state index contributed by atoms with van der Waals surface area (Å²) < 4.78 is 5.60. The fourth-order valence-electron chi connectivity index (χ4n) is 2.01. The number of ether oxygens (including phenoxy) is 1. The van der Waals surface area contributed by atoms with Gasteiger partial charge in [0, 0.05) is 0 Å². The van der Waals surface area contributed by atoms with E-state index in [0.29, 0.717) is 6.61 Å². The minimum atomic E-state index is -0.381. The summed E-state index contributed by atoms with van der Waals surface area (Å²) in [6, 6.07) is 6.28. The second kappa shape index (κ2) is 4.88. The van der Waals surface area contributed by atoms with Crippen molar-refractivity contribution in [1.29, 1.82) is 0 Å². The van der Waals surface area contributed by atoms with Gasteiger partial charge in [0.25, 0.3) is 0 Å². The molecule has 1 N–H and O–H groups in total. The van der Waals surface area contributed by atoms with Gasteiger partial charge in [0.05, 0.1) is 6.10 Å². The van der Waals surface area contributed by atoms with Crippen molar-refractivity contribution in [1.82, 2.24) is 0 Å². The molecule has 2 nitrogen and oxygen atoms in total. The fourth-order valence-corrected chi connectivity index (χ4v) is 2.01. The number of aliphatic hydroxyl groups is 1. The first-order valence-corrected chi connectivity index (χ1v) is 6.09. The zero-order chi connectivity index (χ0) is 11.5. The third kappa shape index (κ3) is 2.56. The van der Waals surface area contributed by atoms with Gasteiger partial charge in [0.2, 0.25) is 0 Å². The van der Waals surface area contributed by atoms with E-state index in [1.807, 2.05) is 19.9 Å². The molecule has 1 aromatic carbocycles. The molecule has 0 saturated carbocycles. The van der Waals surface area contributed by atoms with Gasteiger partial charge in [0.1, 0.15) is 12.4 Å². The highest BCUT2D eigenvalue weighted by Crippen LogP contribution is 2.26. The van der Waals surface area contributed by atoms with Crippen LogP contribution in [0.25, 0.3) is 0 Å². The summed E-state index contributed by atoms with van der Waals surface area (Å²) in [4.78, 5) is 0. The van der Waals surface area contributed by atoms with Crippen LogP contribution in [0.5, 0.6) is 5.75 Å². The molecular weight excluding hydrogens is 200 g/mol. The first-order valence-electron chi connectivity index (χ1n) is 6.09. The van der Waals surface area contributed by atoms with E-state index in [1.165, 1.54) is 30.4 Å². The van der Waals surface area contributed by atoms with Crippen molar-refractivity contribution in [2.24, 2.45) is 5.92 Å². The average Bonchev–Trinajstić information content (AvgIpc) is 2.72. The lowest BCUT2D eigenvalue weighted by atomic mass is 10.1. The van der Waals surface area contributed by atoms with Crippen molar-refractivity contribution < 1.29 is 9.84 Å². The Bertz CT molecular complexity index is 358.